The van der Waals surface area contributed by atoms with Gasteiger partial charge in [-0.3, -0.25) is 4.90 Å². The molecule has 33 heavy (non-hydrogen) atoms. The van der Waals surface area contributed by atoms with Crippen molar-refractivity contribution in [1.29, 1.82) is 0 Å². The second kappa shape index (κ2) is 9.75. The summed E-state index contributed by atoms with van der Waals surface area (Å²) in [5.41, 5.74) is 3.22. The van der Waals surface area contributed by atoms with Crippen LogP contribution in [0.15, 0.2) is 79.3 Å². The van der Waals surface area contributed by atoms with Crippen LogP contribution in [0.1, 0.15) is 30.1 Å². The molecular weight excluding hydrogens is 414 g/mol. The van der Waals surface area contributed by atoms with Crippen LogP contribution in [0.4, 0.5) is 0 Å². The first-order valence-electron chi connectivity index (χ1n) is 11.0. The average Bonchev–Trinajstić information content (AvgIpc) is 3.33. The summed E-state index contributed by atoms with van der Waals surface area (Å²) in [5.74, 6) is 2.29. The van der Waals surface area contributed by atoms with Gasteiger partial charge in [-0.05, 0) is 73.5 Å². The summed E-state index contributed by atoms with van der Waals surface area (Å²) in [7, 11) is 1.66. The Morgan fingerprint density at radius 3 is 2.58 bits per heavy atom. The van der Waals surface area contributed by atoms with Crippen molar-refractivity contribution in [1.82, 2.24) is 24.8 Å². The number of aromatic nitrogens is 4. The van der Waals surface area contributed by atoms with Gasteiger partial charge in [-0.1, -0.05) is 12.1 Å². The Morgan fingerprint density at radius 2 is 1.76 bits per heavy atom. The number of nitrogens with zero attached hydrogens (tertiary/aromatic N) is 5. The lowest BCUT2D eigenvalue weighted by atomic mass is 10.1. The van der Waals surface area contributed by atoms with Crippen LogP contribution in [0.2, 0.25) is 0 Å². The molecule has 1 aliphatic rings. The Bertz CT molecular complexity index is 1200. The molecule has 4 aromatic rings. The highest BCUT2D eigenvalue weighted by Gasteiger charge is 2.27. The van der Waals surface area contributed by atoms with E-state index in [1.807, 2.05) is 48.7 Å². The number of hydrogen-bond acceptors (Lipinski definition) is 7. The molecule has 0 aliphatic carbocycles. The molecule has 1 fully saturated rings. The fourth-order valence-electron chi connectivity index (χ4n) is 4.17. The average molecular weight is 440 g/mol. The molecule has 0 radical (unpaired) electrons. The van der Waals surface area contributed by atoms with Crippen LogP contribution >= 0.6 is 0 Å². The van der Waals surface area contributed by atoms with E-state index in [0.29, 0.717) is 6.01 Å². The normalized spacial score (nSPS) is 16.0. The van der Waals surface area contributed by atoms with Crippen LogP contribution in [-0.2, 0) is 6.54 Å². The molecule has 0 saturated carbocycles. The first kappa shape index (κ1) is 21.0. The minimum atomic E-state index is 0.257. The van der Waals surface area contributed by atoms with Gasteiger partial charge >= 0.3 is 6.01 Å². The summed E-state index contributed by atoms with van der Waals surface area (Å²) in [6, 6.07) is 20.4. The molecule has 0 N–H and O–H groups in total. The quantitative estimate of drug-likeness (QED) is 0.398. The van der Waals surface area contributed by atoms with Crippen molar-refractivity contribution in [3.8, 4) is 28.9 Å². The molecular formula is C26H25N5O2. The number of likely N-dealkylation sites (tertiary alicyclic amines) is 1. The molecule has 1 saturated heterocycles. The van der Waals surface area contributed by atoms with Crippen molar-refractivity contribution >= 4 is 0 Å². The molecule has 2 aromatic heterocycles. The molecule has 0 unspecified atom stereocenters. The zero-order valence-electron chi connectivity index (χ0n) is 18.5. The fourth-order valence-corrected chi connectivity index (χ4v) is 4.17. The maximum absolute atomic E-state index is 5.81. The Morgan fingerprint density at radius 1 is 0.909 bits per heavy atom. The van der Waals surface area contributed by atoms with Gasteiger partial charge in [0, 0.05) is 30.7 Å². The SMILES string of the molecule is COc1ccc(-c2nccc([C@@H]3CCCN3Cc3cccc(Oc4ncccn4)c3)n2)cc1. The van der Waals surface area contributed by atoms with Crippen LogP contribution in [-0.4, -0.2) is 38.5 Å². The minimum Gasteiger partial charge on any atom is -0.497 e. The van der Waals surface area contributed by atoms with E-state index >= 15 is 0 Å². The first-order chi connectivity index (χ1) is 16.3. The molecule has 7 heteroatoms. The summed E-state index contributed by atoms with van der Waals surface area (Å²) < 4.78 is 11.1. The van der Waals surface area contributed by atoms with Crippen LogP contribution in [0.25, 0.3) is 11.4 Å². The fraction of sp³-hybridized carbons (Fsp3) is 0.231. The van der Waals surface area contributed by atoms with E-state index in [1.165, 1.54) is 5.56 Å². The van der Waals surface area contributed by atoms with Gasteiger partial charge in [-0.25, -0.2) is 19.9 Å². The smallest absolute Gasteiger partial charge is 0.321 e. The van der Waals surface area contributed by atoms with E-state index in [2.05, 4.69) is 32.0 Å². The summed E-state index contributed by atoms with van der Waals surface area (Å²) in [6.07, 6.45) is 7.41. The number of hydrogen-bond donors (Lipinski definition) is 0. The highest BCUT2D eigenvalue weighted by molar-refractivity contribution is 5.56. The molecule has 0 spiro atoms. The van der Waals surface area contributed by atoms with Gasteiger partial charge in [0.25, 0.3) is 0 Å². The van der Waals surface area contributed by atoms with E-state index < -0.39 is 0 Å². The first-order valence-corrected chi connectivity index (χ1v) is 11.0. The lowest BCUT2D eigenvalue weighted by molar-refractivity contribution is 0.244. The minimum absolute atomic E-state index is 0.257. The van der Waals surface area contributed by atoms with Crippen molar-refractivity contribution < 1.29 is 9.47 Å². The van der Waals surface area contributed by atoms with Crippen LogP contribution in [0.5, 0.6) is 17.5 Å². The number of ether oxygens (including phenoxy) is 2. The van der Waals surface area contributed by atoms with Gasteiger partial charge < -0.3 is 9.47 Å². The molecule has 0 bridgehead atoms. The topological polar surface area (TPSA) is 73.3 Å². The van der Waals surface area contributed by atoms with Gasteiger partial charge in [-0.15, -0.1) is 0 Å². The molecule has 7 nitrogen and oxygen atoms in total. The maximum Gasteiger partial charge on any atom is 0.321 e. The standard InChI is InChI=1S/C26H25N5O2/c1-32-21-10-8-20(9-11-21)25-27-15-12-23(30-25)24-7-3-16-31(24)18-19-5-2-6-22(17-19)33-26-28-13-4-14-29-26/h2,4-6,8-15,17,24H,3,7,16,18H2,1H3/t24-/m0/s1. The maximum atomic E-state index is 5.81. The molecule has 5 rings (SSSR count). The van der Waals surface area contributed by atoms with Gasteiger partial charge in [-0.2, -0.15) is 0 Å². The lowest BCUT2D eigenvalue weighted by Gasteiger charge is -2.24. The van der Waals surface area contributed by atoms with Crippen LogP contribution < -0.4 is 9.47 Å². The van der Waals surface area contributed by atoms with E-state index in [1.54, 1.807) is 25.6 Å². The summed E-state index contributed by atoms with van der Waals surface area (Å²) >= 11 is 0. The monoisotopic (exact) mass is 439 g/mol. The molecule has 1 atom stereocenters. The number of rotatable bonds is 7. The Balaban J connectivity index is 1.32. The van der Waals surface area contributed by atoms with Crippen molar-refractivity contribution in [2.45, 2.75) is 25.4 Å². The largest absolute Gasteiger partial charge is 0.497 e. The predicted octanol–water partition coefficient (Wildman–Crippen LogP) is 5.07. The second-order valence-electron chi connectivity index (χ2n) is 7.94. The van der Waals surface area contributed by atoms with Crippen molar-refractivity contribution in [2.24, 2.45) is 0 Å². The van der Waals surface area contributed by atoms with E-state index in [-0.39, 0.29) is 6.04 Å². The molecule has 166 valence electrons. The van der Waals surface area contributed by atoms with Crippen LogP contribution in [0, 0.1) is 0 Å². The second-order valence-corrected chi connectivity index (χ2v) is 7.94. The third-order valence-electron chi connectivity index (χ3n) is 5.77. The van der Waals surface area contributed by atoms with Gasteiger partial charge in [0.2, 0.25) is 0 Å². The third kappa shape index (κ3) is 4.99. The van der Waals surface area contributed by atoms with Gasteiger partial charge in [0.1, 0.15) is 11.5 Å². The van der Waals surface area contributed by atoms with E-state index in [0.717, 1.165) is 54.5 Å². The third-order valence-corrected chi connectivity index (χ3v) is 5.77. The summed E-state index contributed by atoms with van der Waals surface area (Å²) in [5, 5.41) is 0. The Labute approximate surface area is 193 Å². The Hall–Kier alpha value is -3.84. The van der Waals surface area contributed by atoms with Crippen molar-refractivity contribution in [2.75, 3.05) is 13.7 Å². The zero-order valence-corrected chi connectivity index (χ0v) is 18.5. The highest BCUT2D eigenvalue weighted by atomic mass is 16.5. The van der Waals surface area contributed by atoms with Gasteiger partial charge in [0.05, 0.1) is 18.8 Å². The highest BCUT2D eigenvalue weighted by Crippen LogP contribution is 2.33. The Kier molecular flexibility index (Phi) is 6.21. The molecule has 2 aromatic carbocycles. The predicted molar refractivity (Wildman–Crippen MR) is 125 cm³/mol. The van der Waals surface area contributed by atoms with Crippen LogP contribution in [0.3, 0.4) is 0 Å². The molecule has 0 amide bonds. The lowest BCUT2D eigenvalue weighted by Crippen LogP contribution is -2.23. The van der Waals surface area contributed by atoms with Crippen molar-refractivity contribution in [3.63, 3.8) is 0 Å². The molecule has 3 heterocycles. The van der Waals surface area contributed by atoms with Crippen molar-refractivity contribution in [3.05, 3.63) is 90.5 Å². The molecule has 1 aliphatic heterocycles. The summed E-state index contributed by atoms with van der Waals surface area (Å²) in [4.78, 5) is 20.2. The number of benzene rings is 2. The van der Waals surface area contributed by atoms with E-state index in [9.17, 15) is 0 Å². The zero-order chi connectivity index (χ0) is 22.5. The summed E-state index contributed by atoms with van der Waals surface area (Å²) in [6.45, 7) is 1.85. The van der Waals surface area contributed by atoms with Gasteiger partial charge in [0.15, 0.2) is 5.82 Å². The number of methoxy groups -OCH3 is 1. The van der Waals surface area contributed by atoms with E-state index in [4.69, 9.17) is 14.5 Å².